The number of hydrogen-bond donors (Lipinski definition) is 1. The number of nitrogens with zero attached hydrogens (tertiary/aromatic N) is 4. The SMILES string of the molecule is Cc1ccc(Cn2c(=O)c(N3CCCC(C(=O)NC(C)CCc4ccccc4)C3)nc3cccnc32)cc1. The van der Waals surface area contributed by atoms with Crippen LogP contribution in [0, 0.1) is 12.8 Å². The van der Waals surface area contributed by atoms with E-state index in [9.17, 15) is 9.59 Å². The second kappa shape index (κ2) is 11.6. The number of nitrogens with one attached hydrogen (secondary N) is 1. The fourth-order valence-corrected chi connectivity index (χ4v) is 5.14. The minimum atomic E-state index is -0.181. The Balaban J connectivity index is 1.32. The van der Waals surface area contributed by atoms with Crippen LogP contribution in [0.2, 0.25) is 0 Å². The zero-order valence-electron chi connectivity index (χ0n) is 22.1. The standard InChI is InChI=1S/C31H35N5O2/c1-22-12-15-25(16-13-22)20-36-28-27(11-6-18-32-28)34-29(31(36)38)35-19-7-10-26(21-35)30(37)33-23(2)14-17-24-8-4-3-5-9-24/h3-6,8-9,11-13,15-16,18,23,26H,7,10,14,17,19-21H2,1-2H3,(H,33,37). The Kier molecular flexibility index (Phi) is 7.82. The van der Waals surface area contributed by atoms with Gasteiger partial charge in [-0.25, -0.2) is 9.97 Å². The Bertz CT molecular complexity index is 1450. The molecule has 2 aromatic heterocycles. The summed E-state index contributed by atoms with van der Waals surface area (Å²) in [5.41, 5.74) is 4.55. The zero-order valence-corrected chi connectivity index (χ0v) is 22.1. The molecule has 38 heavy (non-hydrogen) atoms. The summed E-state index contributed by atoms with van der Waals surface area (Å²) in [6.45, 7) is 5.70. The van der Waals surface area contributed by atoms with Gasteiger partial charge in [0.05, 0.1) is 12.5 Å². The van der Waals surface area contributed by atoms with E-state index in [0.29, 0.717) is 36.6 Å². The summed E-state index contributed by atoms with van der Waals surface area (Å²) in [5, 5.41) is 3.21. The molecule has 1 saturated heterocycles. The van der Waals surface area contributed by atoms with Crippen LogP contribution < -0.4 is 15.8 Å². The normalized spacial score (nSPS) is 16.4. The Hall–Kier alpha value is -4.00. The van der Waals surface area contributed by atoms with Crippen LogP contribution in [-0.4, -0.2) is 39.6 Å². The molecule has 1 amide bonds. The lowest BCUT2D eigenvalue weighted by Crippen LogP contribution is -2.47. The predicted molar refractivity (Wildman–Crippen MR) is 151 cm³/mol. The molecule has 0 aliphatic carbocycles. The summed E-state index contributed by atoms with van der Waals surface area (Å²) < 4.78 is 1.71. The number of hydrogen-bond acceptors (Lipinski definition) is 5. The number of fused-ring (bicyclic) bond motifs is 1. The van der Waals surface area contributed by atoms with Crippen LogP contribution in [0.3, 0.4) is 0 Å². The Morgan fingerprint density at radius 3 is 2.63 bits per heavy atom. The molecule has 0 radical (unpaired) electrons. The number of aryl methyl sites for hydroxylation is 2. The van der Waals surface area contributed by atoms with Gasteiger partial charge in [0, 0.05) is 25.3 Å². The topological polar surface area (TPSA) is 80.1 Å². The Labute approximate surface area is 223 Å². The molecule has 1 aliphatic heterocycles. The molecule has 7 nitrogen and oxygen atoms in total. The first-order chi connectivity index (χ1) is 18.5. The molecule has 5 rings (SSSR count). The molecule has 1 fully saturated rings. The van der Waals surface area contributed by atoms with Gasteiger partial charge in [0.15, 0.2) is 11.5 Å². The molecule has 0 bridgehead atoms. The maximum atomic E-state index is 13.7. The quantitative estimate of drug-likeness (QED) is 0.378. The molecule has 1 N–H and O–H groups in total. The van der Waals surface area contributed by atoms with Crippen molar-refractivity contribution in [3.8, 4) is 0 Å². The lowest BCUT2D eigenvalue weighted by molar-refractivity contribution is -0.125. The third-order valence-corrected chi connectivity index (χ3v) is 7.34. The van der Waals surface area contributed by atoms with Gasteiger partial charge in [-0.15, -0.1) is 0 Å². The monoisotopic (exact) mass is 509 g/mol. The molecule has 1 aliphatic rings. The Morgan fingerprint density at radius 1 is 1.05 bits per heavy atom. The van der Waals surface area contributed by atoms with Crippen molar-refractivity contribution in [2.75, 3.05) is 18.0 Å². The minimum absolute atomic E-state index is 0.0534. The van der Waals surface area contributed by atoms with E-state index >= 15 is 0 Å². The van der Waals surface area contributed by atoms with E-state index in [4.69, 9.17) is 4.98 Å². The molecule has 0 saturated carbocycles. The predicted octanol–water partition coefficient (Wildman–Crippen LogP) is 4.50. The van der Waals surface area contributed by atoms with Gasteiger partial charge in [0.2, 0.25) is 5.91 Å². The van der Waals surface area contributed by atoms with Crippen LogP contribution in [0.5, 0.6) is 0 Å². The third kappa shape index (κ3) is 5.93. The number of anilines is 1. The molecule has 4 aromatic rings. The second-order valence-electron chi connectivity index (χ2n) is 10.4. The highest BCUT2D eigenvalue weighted by atomic mass is 16.2. The molecule has 2 atom stereocenters. The molecule has 7 heteroatoms. The average Bonchev–Trinajstić information content (AvgIpc) is 2.95. The first-order valence-corrected chi connectivity index (χ1v) is 13.5. The number of aromatic nitrogens is 3. The van der Waals surface area contributed by atoms with Gasteiger partial charge in [-0.2, -0.15) is 0 Å². The summed E-state index contributed by atoms with van der Waals surface area (Å²) in [6.07, 6.45) is 5.14. The summed E-state index contributed by atoms with van der Waals surface area (Å²) in [5.74, 6) is 0.268. The number of carbonyl (C=O) groups is 1. The largest absolute Gasteiger partial charge is 0.353 e. The van der Waals surface area contributed by atoms with Crippen LogP contribution in [0.25, 0.3) is 11.2 Å². The van der Waals surface area contributed by atoms with Gasteiger partial charge in [0.25, 0.3) is 5.56 Å². The van der Waals surface area contributed by atoms with Crippen molar-refractivity contribution in [1.82, 2.24) is 19.9 Å². The van der Waals surface area contributed by atoms with E-state index in [1.807, 2.05) is 66.4 Å². The molecule has 3 heterocycles. The van der Waals surface area contributed by atoms with Crippen molar-refractivity contribution >= 4 is 22.9 Å². The van der Waals surface area contributed by atoms with Crippen molar-refractivity contribution in [1.29, 1.82) is 0 Å². The van der Waals surface area contributed by atoms with Crippen LogP contribution in [-0.2, 0) is 17.8 Å². The maximum Gasteiger partial charge on any atom is 0.295 e. The molecule has 2 aromatic carbocycles. The molecule has 196 valence electrons. The van der Waals surface area contributed by atoms with Crippen molar-refractivity contribution in [3.63, 3.8) is 0 Å². The van der Waals surface area contributed by atoms with Crippen molar-refractivity contribution in [3.05, 3.63) is 100.0 Å². The van der Waals surface area contributed by atoms with E-state index in [1.54, 1.807) is 10.8 Å². The van der Waals surface area contributed by atoms with Crippen molar-refractivity contribution < 1.29 is 4.79 Å². The molecular formula is C31H35N5O2. The van der Waals surface area contributed by atoms with Crippen LogP contribution >= 0.6 is 0 Å². The molecule has 2 unspecified atom stereocenters. The van der Waals surface area contributed by atoms with Gasteiger partial charge in [-0.05, 0) is 62.8 Å². The first-order valence-electron chi connectivity index (χ1n) is 13.5. The van der Waals surface area contributed by atoms with E-state index in [0.717, 1.165) is 31.2 Å². The lowest BCUT2D eigenvalue weighted by atomic mass is 9.96. The van der Waals surface area contributed by atoms with E-state index in [2.05, 4.69) is 29.4 Å². The van der Waals surface area contributed by atoms with Gasteiger partial charge in [-0.3, -0.25) is 14.2 Å². The number of piperidine rings is 1. The minimum Gasteiger partial charge on any atom is -0.353 e. The highest BCUT2D eigenvalue weighted by Gasteiger charge is 2.29. The second-order valence-corrected chi connectivity index (χ2v) is 10.4. The third-order valence-electron chi connectivity index (χ3n) is 7.34. The highest BCUT2D eigenvalue weighted by Crippen LogP contribution is 2.22. The molecular weight excluding hydrogens is 474 g/mol. The van der Waals surface area contributed by atoms with Crippen molar-refractivity contribution in [2.24, 2.45) is 5.92 Å². The number of rotatable bonds is 8. The summed E-state index contributed by atoms with van der Waals surface area (Å²) in [7, 11) is 0. The average molecular weight is 510 g/mol. The van der Waals surface area contributed by atoms with E-state index in [1.165, 1.54) is 11.1 Å². The fourth-order valence-electron chi connectivity index (χ4n) is 5.14. The van der Waals surface area contributed by atoms with E-state index in [-0.39, 0.29) is 23.4 Å². The number of benzene rings is 2. The van der Waals surface area contributed by atoms with E-state index < -0.39 is 0 Å². The van der Waals surface area contributed by atoms with Crippen LogP contribution in [0.15, 0.2) is 77.7 Å². The number of amides is 1. The van der Waals surface area contributed by atoms with Gasteiger partial charge < -0.3 is 10.2 Å². The summed E-state index contributed by atoms with van der Waals surface area (Å²) in [4.78, 5) is 38.1. The fraction of sp³-hybridized carbons (Fsp3) is 0.355. The summed E-state index contributed by atoms with van der Waals surface area (Å²) in [6, 6.07) is 22.3. The first kappa shape index (κ1) is 25.6. The highest BCUT2D eigenvalue weighted by molar-refractivity contribution is 5.80. The Morgan fingerprint density at radius 2 is 1.84 bits per heavy atom. The lowest BCUT2D eigenvalue weighted by Gasteiger charge is -2.33. The maximum absolute atomic E-state index is 13.7. The number of carbonyl (C=O) groups excluding carboxylic acids is 1. The summed E-state index contributed by atoms with van der Waals surface area (Å²) >= 11 is 0. The van der Waals surface area contributed by atoms with Gasteiger partial charge in [0.1, 0.15) is 5.52 Å². The van der Waals surface area contributed by atoms with Gasteiger partial charge >= 0.3 is 0 Å². The zero-order chi connectivity index (χ0) is 26.5. The van der Waals surface area contributed by atoms with Crippen LogP contribution in [0.1, 0.15) is 42.9 Å². The number of pyridine rings is 1. The smallest absolute Gasteiger partial charge is 0.295 e. The van der Waals surface area contributed by atoms with Crippen molar-refractivity contribution in [2.45, 2.75) is 52.1 Å². The van der Waals surface area contributed by atoms with Gasteiger partial charge in [-0.1, -0.05) is 60.2 Å². The molecule has 0 spiro atoms. The van der Waals surface area contributed by atoms with Crippen LogP contribution in [0.4, 0.5) is 5.82 Å².